The van der Waals surface area contributed by atoms with E-state index in [1.807, 2.05) is 59.4 Å². The molecule has 0 spiro atoms. The number of rotatable bonds is 2. The Balaban J connectivity index is 1.93. The van der Waals surface area contributed by atoms with E-state index in [0.717, 1.165) is 27.8 Å². The minimum Gasteiger partial charge on any atom is -0.306 e. The van der Waals surface area contributed by atoms with Crippen LogP contribution < -0.4 is 5.69 Å². The molecule has 0 aliphatic carbocycles. The van der Waals surface area contributed by atoms with E-state index in [1.54, 1.807) is 6.20 Å². The van der Waals surface area contributed by atoms with Crippen LogP contribution in [0.5, 0.6) is 0 Å². The monoisotopic (exact) mass is 276 g/mol. The highest BCUT2D eigenvalue weighted by Gasteiger charge is 2.07. The van der Waals surface area contributed by atoms with Crippen molar-refractivity contribution < 1.29 is 0 Å². The third kappa shape index (κ3) is 1.95. The molecule has 0 fully saturated rings. The summed E-state index contributed by atoms with van der Waals surface area (Å²) in [6.45, 7) is 0. The lowest BCUT2D eigenvalue weighted by Crippen LogP contribution is -1.99. The van der Waals surface area contributed by atoms with Crippen LogP contribution in [0.3, 0.4) is 0 Å². The number of fused-ring (bicyclic) bond motifs is 1. The van der Waals surface area contributed by atoms with Gasteiger partial charge in [-0.15, -0.1) is 0 Å². The Bertz CT molecular complexity index is 963. The van der Waals surface area contributed by atoms with Crippen LogP contribution in [0.25, 0.3) is 27.8 Å². The summed E-state index contributed by atoms with van der Waals surface area (Å²) < 4.78 is 1.81. The molecule has 102 valence electrons. The number of aromatic nitrogens is 4. The molecule has 2 aromatic carbocycles. The standard InChI is InChI=1S/C16H12N4O/c21-16-18-14-7-2-6-13(15(14)19-16)11-4-1-5-12(10-11)20-9-3-8-17-20/h1-10H,(H2,18,19,21). The van der Waals surface area contributed by atoms with E-state index >= 15 is 0 Å². The van der Waals surface area contributed by atoms with Gasteiger partial charge in [0.15, 0.2) is 0 Å². The number of nitrogens with one attached hydrogen (secondary N) is 2. The summed E-state index contributed by atoms with van der Waals surface area (Å²) in [5.41, 5.74) is 4.43. The number of hydrogen-bond acceptors (Lipinski definition) is 2. The molecule has 0 bridgehead atoms. The van der Waals surface area contributed by atoms with Gasteiger partial charge in [0.2, 0.25) is 0 Å². The molecule has 4 aromatic rings. The van der Waals surface area contributed by atoms with Crippen LogP contribution in [0, 0.1) is 0 Å². The molecule has 2 aromatic heterocycles. The Morgan fingerprint density at radius 2 is 1.90 bits per heavy atom. The quantitative estimate of drug-likeness (QED) is 0.591. The lowest BCUT2D eigenvalue weighted by atomic mass is 10.0. The van der Waals surface area contributed by atoms with Crippen molar-refractivity contribution in [2.24, 2.45) is 0 Å². The fraction of sp³-hybridized carbons (Fsp3) is 0. The van der Waals surface area contributed by atoms with Crippen molar-refractivity contribution in [1.29, 1.82) is 0 Å². The van der Waals surface area contributed by atoms with Gasteiger partial charge in [-0.2, -0.15) is 5.10 Å². The number of hydrogen-bond donors (Lipinski definition) is 2. The normalized spacial score (nSPS) is 11.0. The molecule has 2 N–H and O–H groups in total. The Morgan fingerprint density at radius 3 is 2.76 bits per heavy atom. The van der Waals surface area contributed by atoms with Gasteiger partial charge in [0.1, 0.15) is 0 Å². The highest BCUT2D eigenvalue weighted by Crippen LogP contribution is 2.27. The largest absolute Gasteiger partial charge is 0.323 e. The Morgan fingerprint density at radius 1 is 1.00 bits per heavy atom. The van der Waals surface area contributed by atoms with Crippen LogP contribution in [-0.2, 0) is 0 Å². The molecule has 0 aliphatic heterocycles. The molecule has 0 saturated heterocycles. The predicted molar refractivity (Wildman–Crippen MR) is 81.5 cm³/mol. The van der Waals surface area contributed by atoms with Crippen LogP contribution in [0.4, 0.5) is 0 Å². The second-order valence-corrected chi connectivity index (χ2v) is 4.81. The zero-order chi connectivity index (χ0) is 14.2. The minimum atomic E-state index is -0.194. The molecule has 2 heterocycles. The first-order valence-corrected chi connectivity index (χ1v) is 6.63. The van der Waals surface area contributed by atoms with Crippen LogP contribution in [0.15, 0.2) is 65.7 Å². The van der Waals surface area contributed by atoms with Crippen LogP contribution in [-0.4, -0.2) is 19.7 Å². The van der Waals surface area contributed by atoms with E-state index in [2.05, 4.69) is 15.1 Å². The average molecular weight is 276 g/mol. The maximum atomic E-state index is 11.5. The van der Waals surface area contributed by atoms with E-state index in [1.165, 1.54) is 0 Å². The van der Waals surface area contributed by atoms with E-state index in [4.69, 9.17) is 0 Å². The predicted octanol–water partition coefficient (Wildman–Crippen LogP) is 2.71. The highest BCUT2D eigenvalue weighted by molar-refractivity contribution is 5.91. The first-order chi connectivity index (χ1) is 10.3. The van der Waals surface area contributed by atoms with E-state index in [-0.39, 0.29) is 5.69 Å². The van der Waals surface area contributed by atoms with Gasteiger partial charge in [0.25, 0.3) is 0 Å². The third-order valence-electron chi connectivity index (χ3n) is 3.48. The molecule has 21 heavy (non-hydrogen) atoms. The van der Waals surface area contributed by atoms with Crippen molar-refractivity contribution in [1.82, 2.24) is 19.7 Å². The molecule has 4 rings (SSSR count). The molecule has 0 unspecified atom stereocenters. The van der Waals surface area contributed by atoms with Crippen molar-refractivity contribution in [2.75, 3.05) is 0 Å². The van der Waals surface area contributed by atoms with Gasteiger partial charge >= 0.3 is 5.69 Å². The van der Waals surface area contributed by atoms with Crippen molar-refractivity contribution >= 4 is 11.0 Å². The average Bonchev–Trinajstić information content (AvgIpc) is 3.15. The molecule has 5 heteroatoms. The van der Waals surface area contributed by atoms with Gasteiger partial charge in [-0.1, -0.05) is 24.3 Å². The summed E-state index contributed by atoms with van der Waals surface area (Å²) >= 11 is 0. The van der Waals surface area contributed by atoms with Crippen molar-refractivity contribution in [2.45, 2.75) is 0 Å². The number of benzene rings is 2. The topological polar surface area (TPSA) is 66.5 Å². The second-order valence-electron chi connectivity index (χ2n) is 4.81. The smallest absolute Gasteiger partial charge is 0.306 e. The minimum absolute atomic E-state index is 0.194. The molecule has 0 amide bonds. The van der Waals surface area contributed by atoms with E-state index in [9.17, 15) is 4.79 Å². The summed E-state index contributed by atoms with van der Waals surface area (Å²) in [6.07, 6.45) is 3.65. The summed E-state index contributed by atoms with van der Waals surface area (Å²) in [5, 5.41) is 4.24. The van der Waals surface area contributed by atoms with Crippen LogP contribution >= 0.6 is 0 Å². The Kier molecular flexibility index (Phi) is 2.50. The third-order valence-corrected chi connectivity index (χ3v) is 3.48. The van der Waals surface area contributed by atoms with Crippen molar-refractivity contribution in [3.8, 4) is 16.8 Å². The molecule has 0 radical (unpaired) electrons. The van der Waals surface area contributed by atoms with Crippen LogP contribution in [0.1, 0.15) is 0 Å². The number of imidazole rings is 1. The van der Waals surface area contributed by atoms with Crippen LogP contribution in [0.2, 0.25) is 0 Å². The fourth-order valence-electron chi connectivity index (χ4n) is 2.54. The maximum Gasteiger partial charge on any atom is 0.323 e. The van der Waals surface area contributed by atoms with Gasteiger partial charge < -0.3 is 9.97 Å². The summed E-state index contributed by atoms with van der Waals surface area (Å²) in [7, 11) is 0. The summed E-state index contributed by atoms with van der Waals surface area (Å²) in [4.78, 5) is 17.1. The zero-order valence-corrected chi connectivity index (χ0v) is 11.1. The van der Waals surface area contributed by atoms with Gasteiger partial charge in [-0.05, 0) is 29.8 Å². The lowest BCUT2D eigenvalue weighted by Gasteiger charge is -2.06. The first-order valence-electron chi connectivity index (χ1n) is 6.63. The number of H-pyrrole nitrogens is 2. The number of aromatic amines is 2. The van der Waals surface area contributed by atoms with E-state index < -0.39 is 0 Å². The molecule has 0 saturated carbocycles. The molecule has 0 aliphatic rings. The maximum absolute atomic E-state index is 11.5. The summed E-state index contributed by atoms with van der Waals surface area (Å²) in [6, 6.07) is 15.7. The second kappa shape index (κ2) is 4.49. The van der Waals surface area contributed by atoms with E-state index in [0.29, 0.717) is 0 Å². The SMILES string of the molecule is O=c1[nH]c2cccc(-c3cccc(-n4cccn4)c3)c2[nH]1. The molecule has 5 nitrogen and oxygen atoms in total. The number of nitrogens with zero attached hydrogens (tertiary/aromatic N) is 2. The summed E-state index contributed by atoms with van der Waals surface area (Å²) in [5.74, 6) is 0. The van der Waals surface area contributed by atoms with Crippen molar-refractivity contribution in [3.05, 3.63) is 71.4 Å². The first kappa shape index (κ1) is 11.7. The van der Waals surface area contributed by atoms with Gasteiger partial charge in [0.05, 0.1) is 16.7 Å². The fourth-order valence-corrected chi connectivity index (χ4v) is 2.54. The highest BCUT2D eigenvalue weighted by atomic mass is 16.1. The van der Waals surface area contributed by atoms with Crippen molar-refractivity contribution in [3.63, 3.8) is 0 Å². The van der Waals surface area contributed by atoms with Gasteiger partial charge in [0, 0.05) is 18.0 Å². The lowest BCUT2D eigenvalue weighted by molar-refractivity contribution is 0.881. The zero-order valence-electron chi connectivity index (χ0n) is 11.1. The van der Waals surface area contributed by atoms with Gasteiger partial charge in [-0.3, -0.25) is 0 Å². The Labute approximate surface area is 119 Å². The van der Waals surface area contributed by atoms with Gasteiger partial charge in [-0.25, -0.2) is 9.48 Å². The Hall–Kier alpha value is -3.08. The molecular formula is C16H12N4O. The molecule has 0 atom stereocenters. The number of para-hydroxylation sites is 1. The molecular weight excluding hydrogens is 264 g/mol.